The van der Waals surface area contributed by atoms with E-state index in [0.29, 0.717) is 12.8 Å². The molecule has 0 saturated carbocycles. The summed E-state index contributed by atoms with van der Waals surface area (Å²) in [5, 5.41) is 9.62. The zero-order valence-corrected chi connectivity index (χ0v) is 39.2. The van der Waals surface area contributed by atoms with Crippen LogP contribution in [0, 0.1) is 0 Å². The Labute approximate surface area is 371 Å². The molecule has 1 unspecified atom stereocenters. The van der Waals surface area contributed by atoms with Crippen molar-refractivity contribution in [1.29, 1.82) is 0 Å². The third kappa shape index (κ3) is 47.8. The van der Waals surface area contributed by atoms with Crippen LogP contribution in [0.4, 0.5) is 0 Å². The average Bonchev–Trinajstić information content (AvgIpc) is 3.25. The highest BCUT2D eigenvalue weighted by Gasteiger charge is 2.16. The van der Waals surface area contributed by atoms with Gasteiger partial charge in [-0.3, -0.25) is 9.59 Å². The summed E-state index contributed by atoms with van der Waals surface area (Å²) in [7, 11) is 0. The molecule has 0 bridgehead atoms. The van der Waals surface area contributed by atoms with Gasteiger partial charge in [0.15, 0.2) is 6.10 Å². The molecule has 0 spiro atoms. The maximum Gasteiger partial charge on any atom is 0.306 e. The first-order valence-corrected chi connectivity index (χ1v) is 25.1. The first-order valence-electron chi connectivity index (χ1n) is 25.1. The van der Waals surface area contributed by atoms with Crippen LogP contribution in [0.5, 0.6) is 0 Å². The molecule has 344 valence electrons. The molecule has 0 heterocycles. The first kappa shape index (κ1) is 57.1. The van der Waals surface area contributed by atoms with E-state index in [9.17, 15) is 14.7 Å². The normalized spacial score (nSPS) is 12.9. The van der Waals surface area contributed by atoms with Gasteiger partial charge in [0.1, 0.15) is 6.61 Å². The van der Waals surface area contributed by atoms with Crippen molar-refractivity contribution in [3.63, 3.8) is 0 Å². The summed E-state index contributed by atoms with van der Waals surface area (Å²) >= 11 is 0. The molecule has 0 aromatic carbocycles. The van der Waals surface area contributed by atoms with Crippen LogP contribution in [0.15, 0.2) is 85.1 Å². The van der Waals surface area contributed by atoms with Gasteiger partial charge in [0.05, 0.1) is 6.61 Å². The minimum atomic E-state index is -0.781. The zero-order valence-electron chi connectivity index (χ0n) is 39.2. The van der Waals surface area contributed by atoms with Gasteiger partial charge in [0.2, 0.25) is 0 Å². The number of carbonyl (C=O) groups is 2. The highest BCUT2D eigenvalue weighted by Crippen LogP contribution is 2.15. The van der Waals surface area contributed by atoms with Crippen molar-refractivity contribution in [3.8, 4) is 0 Å². The number of hydrogen-bond donors (Lipinski definition) is 1. The monoisotopic (exact) mass is 835 g/mol. The summed E-state index contributed by atoms with van der Waals surface area (Å²) in [4.78, 5) is 24.4. The van der Waals surface area contributed by atoms with Crippen molar-refractivity contribution in [2.75, 3.05) is 13.2 Å². The summed E-state index contributed by atoms with van der Waals surface area (Å²) in [5.41, 5.74) is 0. The molecule has 0 rings (SSSR count). The number of esters is 2. The molecule has 5 heteroatoms. The Hall–Kier alpha value is -2.92. The Morgan fingerprint density at radius 1 is 0.400 bits per heavy atom. The van der Waals surface area contributed by atoms with Crippen molar-refractivity contribution in [1.82, 2.24) is 0 Å². The molecule has 0 aromatic heterocycles. The van der Waals surface area contributed by atoms with E-state index in [1.165, 1.54) is 116 Å². The summed E-state index contributed by atoms with van der Waals surface area (Å²) in [6.45, 7) is 4.03. The van der Waals surface area contributed by atoms with Gasteiger partial charge in [-0.25, -0.2) is 0 Å². The zero-order chi connectivity index (χ0) is 43.5. The topological polar surface area (TPSA) is 72.8 Å². The summed E-state index contributed by atoms with van der Waals surface area (Å²) in [6.07, 6.45) is 69.5. The van der Waals surface area contributed by atoms with E-state index in [1.807, 2.05) is 0 Å². The molecule has 60 heavy (non-hydrogen) atoms. The maximum atomic E-state index is 12.3. The van der Waals surface area contributed by atoms with Crippen LogP contribution in [0.3, 0.4) is 0 Å². The third-order valence-electron chi connectivity index (χ3n) is 10.7. The van der Waals surface area contributed by atoms with Crippen molar-refractivity contribution in [2.24, 2.45) is 0 Å². The second kappa shape index (κ2) is 50.4. The average molecular weight is 835 g/mol. The van der Waals surface area contributed by atoms with Gasteiger partial charge in [-0.1, -0.05) is 234 Å². The molecule has 5 nitrogen and oxygen atoms in total. The van der Waals surface area contributed by atoms with Crippen molar-refractivity contribution in [3.05, 3.63) is 85.1 Å². The molecule has 0 aliphatic heterocycles. The van der Waals surface area contributed by atoms with E-state index in [2.05, 4.69) is 98.9 Å². The smallest absolute Gasteiger partial charge is 0.306 e. The van der Waals surface area contributed by atoms with E-state index in [0.717, 1.165) is 89.9 Å². The van der Waals surface area contributed by atoms with Crippen LogP contribution in [-0.2, 0) is 19.1 Å². The van der Waals surface area contributed by atoms with Crippen LogP contribution >= 0.6 is 0 Å². The standard InChI is InChI=1S/C55H94O5/c1-3-5-7-9-11-13-15-17-19-21-22-23-24-25-26-27-28-29-30-31-32-34-36-38-40-42-44-46-48-50-55(58)60-53(51-56)52-59-54(57)49-47-45-43-41-39-37-35-33-20-18-16-14-12-10-8-6-4-2/h5,7,11,13,17,19,22-23,25-26,28-29,31-32,53,56H,3-4,6,8-10,12,14-16,18,20-21,24,27,30,33-52H2,1-2H3/b7-5-,13-11-,19-17-,23-22-,26-25-,29-28-,32-31-. The van der Waals surface area contributed by atoms with Crippen LogP contribution in [-0.4, -0.2) is 36.4 Å². The third-order valence-corrected chi connectivity index (χ3v) is 10.7. The van der Waals surface area contributed by atoms with Gasteiger partial charge < -0.3 is 14.6 Å². The van der Waals surface area contributed by atoms with Crippen molar-refractivity contribution in [2.45, 2.75) is 238 Å². The Bertz CT molecular complexity index is 1130. The van der Waals surface area contributed by atoms with Crippen molar-refractivity contribution >= 4 is 11.9 Å². The molecule has 0 aliphatic rings. The van der Waals surface area contributed by atoms with E-state index in [4.69, 9.17) is 9.47 Å². The minimum absolute atomic E-state index is 0.0717. The van der Waals surface area contributed by atoms with Crippen LogP contribution in [0.1, 0.15) is 232 Å². The lowest BCUT2D eigenvalue weighted by molar-refractivity contribution is -0.161. The SMILES string of the molecule is CC/C=C\C/C=C\C/C=C\C/C=C\C/C=C\C/C=C\C/C=C\CCCCCCCCCC(=O)OC(CO)COC(=O)CCCCCCCCCCCCCCCCCCC. The molecule has 0 aromatic rings. The van der Waals surface area contributed by atoms with Gasteiger partial charge in [-0.2, -0.15) is 0 Å². The number of carbonyl (C=O) groups excluding carboxylic acids is 2. The molecule has 0 fully saturated rings. The fourth-order valence-corrected chi connectivity index (χ4v) is 6.95. The molecule has 1 N–H and O–H groups in total. The van der Waals surface area contributed by atoms with Gasteiger partial charge in [0.25, 0.3) is 0 Å². The van der Waals surface area contributed by atoms with Gasteiger partial charge in [0, 0.05) is 12.8 Å². The molecular formula is C55H94O5. The fraction of sp³-hybridized carbons (Fsp3) is 0.709. The Balaban J connectivity index is 3.58. The van der Waals surface area contributed by atoms with E-state index in [1.54, 1.807) is 0 Å². The quantitative estimate of drug-likeness (QED) is 0.0376. The number of aliphatic hydroxyl groups excluding tert-OH is 1. The second-order valence-electron chi connectivity index (χ2n) is 16.5. The Morgan fingerprint density at radius 3 is 1.08 bits per heavy atom. The predicted octanol–water partition coefficient (Wildman–Crippen LogP) is 16.6. The molecular weight excluding hydrogens is 741 g/mol. The Kier molecular flexibility index (Phi) is 48.0. The molecule has 0 amide bonds. The second-order valence-corrected chi connectivity index (χ2v) is 16.5. The maximum absolute atomic E-state index is 12.3. The lowest BCUT2D eigenvalue weighted by atomic mass is 10.0. The number of hydrogen-bond acceptors (Lipinski definition) is 5. The Morgan fingerprint density at radius 2 is 0.717 bits per heavy atom. The lowest BCUT2D eigenvalue weighted by Crippen LogP contribution is -2.28. The molecule has 0 aliphatic carbocycles. The summed E-state index contributed by atoms with van der Waals surface area (Å²) in [6, 6.07) is 0. The van der Waals surface area contributed by atoms with Gasteiger partial charge in [-0.15, -0.1) is 0 Å². The summed E-state index contributed by atoms with van der Waals surface area (Å²) in [5.74, 6) is -0.600. The van der Waals surface area contributed by atoms with Gasteiger partial charge in [-0.05, 0) is 70.6 Å². The van der Waals surface area contributed by atoms with Gasteiger partial charge >= 0.3 is 11.9 Å². The molecule has 0 radical (unpaired) electrons. The fourth-order valence-electron chi connectivity index (χ4n) is 6.95. The van der Waals surface area contributed by atoms with Crippen LogP contribution in [0.2, 0.25) is 0 Å². The van der Waals surface area contributed by atoms with E-state index < -0.39 is 6.10 Å². The molecule has 0 saturated heterocycles. The van der Waals surface area contributed by atoms with E-state index >= 15 is 0 Å². The molecule has 1 atom stereocenters. The van der Waals surface area contributed by atoms with Crippen molar-refractivity contribution < 1.29 is 24.2 Å². The predicted molar refractivity (Wildman–Crippen MR) is 260 cm³/mol. The first-order chi connectivity index (χ1) is 29.6. The highest BCUT2D eigenvalue weighted by atomic mass is 16.6. The minimum Gasteiger partial charge on any atom is -0.462 e. The van der Waals surface area contributed by atoms with E-state index in [-0.39, 0.29) is 25.2 Å². The number of unbranched alkanes of at least 4 members (excludes halogenated alkanes) is 23. The number of allylic oxidation sites excluding steroid dienone is 14. The largest absolute Gasteiger partial charge is 0.462 e. The number of rotatable bonds is 45. The lowest BCUT2D eigenvalue weighted by Gasteiger charge is -2.15. The number of aliphatic hydroxyl groups is 1. The highest BCUT2D eigenvalue weighted by molar-refractivity contribution is 5.70. The van der Waals surface area contributed by atoms with Crippen LogP contribution < -0.4 is 0 Å². The summed E-state index contributed by atoms with van der Waals surface area (Å²) < 4.78 is 10.7. The number of ether oxygens (including phenoxy) is 2. The van der Waals surface area contributed by atoms with Crippen LogP contribution in [0.25, 0.3) is 0 Å².